The highest BCUT2D eigenvalue weighted by Crippen LogP contribution is 2.57. The third kappa shape index (κ3) is 6.24. The summed E-state index contributed by atoms with van der Waals surface area (Å²) < 4.78 is 4.82. The van der Waals surface area contributed by atoms with E-state index < -0.39 is 0 Å². The van der Waals surface area contributed by atoms with E-state index in [1.165, 1.54) is 144 Å². The molecule has 0 fully saturated rings. The number of hydrogen-bond donors (Lipinski definition) is 0. The first-order chi connectivity index (χ1) is 36.2. The van der Waals surface area contributed by atoms with Crippen LogP contribution in [-0.4, -0.2) is 9.13 Å². The average Bonchev–Trinajstić information content (AvgIpc) is 4.10. The summed E-state index contributed by atoms with van der Waals surface area (Å²) in [5.74, 6) is 0. The highest BCUT2D eigenvalue weighted by Gasteiger charge is 2.42. The monoisotopic (exact) mass is 944 g/mol. The van der Waals surface area contributed by atoms with Crippen molar-refractivity contribution in [3.05, 3.63) is 264 Å². The number of para-hydroxylation sites is 3. The Kier molecular flexibility index (Phi) is 9.09. The highest BCUT2D eigenvalue weighted by atomic mass is 15.0. The van der Waals surface area contributed by atoms with Gasteiger partial charge in [0.05, 0.1) is 27.8 Å². The molecule has 2 aliphatic carbocycles. The summed E-state index contributed by atoms with van der Waals surface area (Å²) in [6, 6.07) is 85.9. The second-order valence-corrected chi connectivity index (χ2v) is 21.7. The standard InChI is InChI=1S/C72H52N2/c1-71(2)62-39-46(26-25-45-27-30-47(31-28-45)49-33-37-69-60(40-49)56-20-10-12-22-67(56)73(69)52-17-6-5-7-18-52)29-35-54(62)58-43-65-59(44-64(58)71)55-36-32-51(42-63(55)72(65,3)4)50-34-38-70-61(41-50)57-21-11-13-23-68(57)74(70)66-24-14-16-48-15-8-9-19-53(48)66/h5-44H,1-4H3. The van der Waals surface area contributed by atoms with Gasteiger partial charge in [0.1, 0.15) is 0 Å². The predicted octanol–water partition coefficient (Wildman–Crippen LogP) is 19.2. The Morgan fingerprint density at radius 3 is 1.45 bits per heavy atom. The Balaban J connectivity index is 0.718. The van der Waals surface area contributed by atoms with Gasteiger partial charge in [-0.05, 0) is 156 Å². The molecule has 0 saturated heterocycles. The van der Waals surface area contributed by atoms with Crippen molar-refractivity contribution in [1.82, 2.24) is 9.13 Å². The molecule has 2 aliphatic rings. The summed E-state index contributed by atoms with van der Waals surface area (Å²) in [7, 11) is 0. The number of rotatable bonds is 6. The van der Waals surface area contributed by atoms with Gasteiger partial charge in [-0.25, -0.2) is 0 Å². The quantitative estimate of drug-likeness (QED) is 0.147. The second-order valence-electron chi connectivity index (χ2n) is 21.7. The van der Waals surface area contributed by atoms with E-state index in [2.05, 4.69) is 280 Å². The van der Waals surface area contributed by atoms with Crippen molar-refractivity contribution in [3.8, 4) is 55.9 Å². The molecule has 0 N–H and O–H groups in total. The van der Waals surface area contributed by atoms with Gasteiger partial charge in [-0.15, -0.1) is 0 Å². The van der Waals surface area contributed by atoms with Gasteiger partial charge in [-0.3, -0.25) is 0 Å². The van der Waals surface area contributed by atoms with Crippen molar-refractivity contribution in [3.63, 3.8) is 0 Å². The zero-order valence-electron chi connectivity index (χ0n) is 42.0. The maximum atomic E-state index is 2.53. The molecule has 11 aromatic carbocycles. The van der Waals surface area contributed by atoms with Crippen molar-refractivity contribution >= 4 is 66.5 Å². The lowest BCUT2D eigenvalue weighted by molar-refractivity contribution is 0.652. The molecular formula is C72H52N2. The predicted molar refractivity (Wildman–Crippen MR) is 314 cm³/mol. The van der Waals surface area contributed by atoms with Crippen LogP contribution in [0.1, 0.15) is 61.1 Å². The summed E-state index contributed by atoms with van der Waals surface area (Å²) in [5.41, 5.74) is 25.3. The highest BCUT2D eigenvalue weighted by molar-refractivity contribution is 6.12. The first-order valence-electron chi connectivity index (χ1n) is 26.1. The molecule has 2 nitrogen and oxygen atoms in total. The molecule has 350 valence electrons. The SMILES string of the molecule is CC1(C)c2cc(C=Cc3ccc(-c4ccc5c(c4)c4ccccc4n5-c4ccccc4)cc3)ccc2-c2cc3c(cc21)-c1ccc(-c2ccc4c(c2)c2ccccc2n4-c2cccc4ccccc24)cc1C3(C)C. The molecule has 0 aliphatic heterocycles. The summed E-state index contributed by atoms with van der Waals surface area (Å²) in [5, 5.41) is 7.58. The van der Waals surface area contributed by atoms with E-state index in [-0.39, 0.29) is 10.8 Å². The fourth-order valence-electron chi connectivity index (χ4n) is 13.1. The van der Waals surface area contributed by atoms with Gasteiger partial charge < -0.3 is 9.13 Å². The lowest BCUT2D eigenvalue weighted by atomic mass is 9.79. The van der Waals surface area contributed by atoms with Gasteiger partial charge >= 0.3 is 0 Å². The van der Waals surface area contributed by atoms with E-state index >= 15 is 0 Å². The van der Waals surface area contributed by atoms with Crippen LogP contribution in [0.4, 0.5) is 0 Å². The number of nitrogens with zero attached hydrogens (tertiary/aromatic N) is 2. The zero-order chi connectivity index (χ0) is 49.5. The Bertz CT molecular complexity index is 4510. The molecule has 0 bridgehead atoms. The third-order valence-corrected chi connectivity index (χ3v) is 16.9. The average molecular weight is 945 g/mol. The van der Waals surface area contributed by atoms with E-state index in [1.807, 2.05) is 0 Å². The largest absolute Gasteiger partial charge is 0.309 e. The van der Waals surface area contributed by atoms with Crippen molar-refractivity contribution in [2.45, 2.75) is 38.5 Å². The van der Waals surface area contributed by atoms with Crippen LogP contribution >= 0.6 is 0 Å². The molecule has 2 heterocycles. The molecule has 2 aromatic heterocycles. The zero-order valence-corrected chi connectivity index (χ0v) is 42.0. The smallest absolute Gasteiger partial charge is 0.0541 e. The van der Waals surface area contributed by atoms with Crippen LogP contribution in [0.15, 0.2) is 231 Å². The fourth-order valence-corrected chi connectivity index (χ4v) is 13.1. The van der Waals surface area contributed by atoms with Gasteiger partial charge in [0.15, 0.2) is 0 Å². The Labute approximate surface area is 431 Å². The fraction of sp³-hybridized carbons (Fsp3) is 0.0833. The molecular weight excluding hydrogens is 893 g/mol. The number of benzene rings is 11. The van der Waals surface area contributed by atoms with Crippen molar-refractivity contribution in [2.24, 2.45) is 0 Å². The van der Waals surface area contributed by atoms with Crippen molar-refractivity contribution < 1.29 is 0 Å². The molecule has 0 unspecified atom stereocenters. The summed E-state index contributed by atoms with van der Waals surface area (Å²) in [4.78, 5) is 0. The van der Waals surface area contributed by atoms with Gasteiger partial charge in [0.25, 0.3) is 0 Å². The first-order valence-corrected chi connectivity index (χ1v) is 26.1. The summed E-state index contributed by atoms with van der Waals surface area (Å²) in [6.07, 6.45) is 4.53. The van der Waals surface area contributed by atoms with E-state index in [4.69, 9.17) is 0 Å². The molecule has 74 heavy (non-hydrogen) atoms. The molecule has 0 amide bonds. The topological polar surface area (TPSA) is 9.86 Å². The van der Waals surface area contributed by atoms with Crippen LogP contribution in [0.5, 0.6) is 0 Å². The van der Waals surface area contributed by atoms with E-state index in [1.54, 1.807) is 0 Å². The minimum atomic E-state index is -0.162. The van der Waals surface area contributed by atoms with Gasteiger partial charge in [-0.2, -0.15) is 0 Å². The van der Waals surface area contributed by atoms with Crippen LogP contribution in [-0.2, 0) is 10.8 Å². The maximum Gasteiger partial charge on any atom is 0.0541 e. The second kappa shape index (κ2) is 15.8. The summed E-state index contributed by atoms with van der Waals surface area (Å²) in [6.45, 7) is 9.65. The maximum absolute atomic E-state index is 2.53. The normalized spacial score (nSPS) is 14.1. The number of hydrogen-bond acceptors (Lipinski definition) is 0. The van der Waals surface area contributed by atoms with E-state index in [9.17, 15) is 0 Å². The van der Waals surface area contributed by atoms with Crippen LogP contribution in [0.25, 0.3) is 122 Å². The van der Waals surface area contributed by atoms with Gasteiger partial charge in [0.2, 0.25) is 0 Å². The van der Waals surface area contributed by atoms with Crippen LogP contribution in [0.3, 0.4) is 0 Å². The Hall–Kier alpha value is -8.98. The molecule has 13 aromatic rings. The molecule has 0 atom stereocenters. The summed E-state index contributed by atoms with van der Waals surface area (Å²) >= 11 is 0. The van der Waals surface area contributed by atoms with Crippen LogP contribution in [0, 0.1) is 0 Å². The minimum absolute atomic E-state index is 0.146. The van der Waals surface area contributed by atoms with Crippen LogP contribution in [0.2, 0.25) is 0 Å². The van der Waals surface area contributed by atoms with Crippen molar-refractivity contribution in [1.29, 1.82) is 0 Å². The lowest BCUT2D eigenvalue weighted by Crippen LogP contribution is -2.17. The van der Waals surface area contributed by atoms with Crippen molar-refractivity contribution in [2.75, 3.05) is 0 Å². The molecule has 0 radical (unpaired) electrons. The van der Waals surface area contributed by atoms with Gasteiger partial charge in [0, 0.05) is 43.4 Å². The number of aromatic nitrogens is 2. The Morgan fingerprint density at radius 1 is 0.297 bits per heavy atom. The lowest BCUT2D eigenvalue weighted by Gasteiger charge is -2.24. The third-order valence-electron chi connectivity index (χ3n) is 16.9. The first kappa shape index (κ1) is 42.7. The molecule has 0 spiro atoms. The molecule has 15 rings (SSSR count). The van der Waals surface area contributed by atoms with Crippen LogP contribution < -0.4 is 0 Å². The molecule has 2 heteroatoms. The van der Waals surface area contributed by atoms with E-state index in [0.29, 0.717) is 0 Å². The molecule has 0 saturated carbocycles. The Morgan fingerprint density at radius 2 is 0.757 bits per heavy atom. The van der Waals surface area contributed by atoms with Gasteiger partial charge in [-0.1, -0.05) is 198 Å². The number of fused-ring (bicyclic) bond motifs is 13. The minimum Gasteiger partial charge on any atom is -0.309 e. The van der Waals surface area contributed by atoms with E-state index in [0.717, 1.165) is 0 Å².